The molecule has 0 aliphatic rings. The van der Waals surface area contributed by atoms with Crippen molar-refractivity contribution in [3.8, 4) is 28.6 Å². The maximum atomic E-state index is 13.0. The Morgan fingerprint density at radius 2 is 2.03 bits per heavy atom. The van der Waals surface area contributed by atoms with Gasteiger partial charge in [0, 0.05) is 36.1 Å². The van der Waals surface area contributed by atoms with Crippen molar-refractivity contribution in [3.05, 3.63) is 67.5 Å². The molecule has 0 saturated heterocycles. The lowest BCUT2D eigenvalue weighted by Gasteiger charge is -2.14. The molecule has 9 nitrogen and oxygen atoms in total. The number of benzene rings is 2. The van der Waals surface area contributed by atoms with Gasteiger partial charge in [-0.3, -0.25) is 4.79 Å². The van der Waals surface area contributed by atoms with Gasteiger partial charge in [0.1, 0.15) is 23.5 Å². The monoisotopic (exact) mass is 494 g/mol. The van der Waals surface area contributed by atoms with Crippen molar-refractivity contribution in [1.29, 1.82) is 0 Å². The largest absolute Gasteiger partial charge is 0.438 e. The van der Waals surface area contributed by atoms with Gasteiger partial charge in [-0.25, -0.2) is 9.97 Å². The summed E-state index contributed by atoms with van der Waals surface area (Å²) in [6.45, 7) is 1.66. The van der Waals surface area contributed by atoms with Crippen molar-refractivity contribution in [2.24, 2.45) is 0 Å². The molecule has 2 heterocycles. The van der Waals surface area contributed by atoms with E-state index in [4.69, 9.17) is 9.47 Å². The van der Waals surface area contributed by atoms with Crippen LogP contribution in [0, 0.1) is 0 Å². The van der Waals surface area contributed by atoms with Gasteiger partial charge in [-0.05, 0) is 43.5 Å². The third-order valence-corrected chi connectivity index (χ3v) is 5.09. The van der Waals surface area contributed by atoms with Gasteiger partial charge in [0.15, 0.2) is 0 Å². The lowest BCUT2D eigenvalue weighted by molar-refractivity contribution is -0.111. The van der Waals surface area contributed by atoms with Crippen LogP contribution in [-0.4, -0.2) is 47.6 Å². The van der Waals surface area contributed by atoms with E-state index in [1.54, 1.807) is 49.5 Å². The first kappa shape index (κ1) is 24.6. The van der Waals surface area contributed by atoms with E-state index >= 15 is 0 Å². The van der Waals surface area contributed by atoms with Crippen molar-refractivity contribution >= 4 is 28.3 Å². The summed E-state index contributed by atoms with van der Waals surface area (Å²) in [7, 11) is 1.80. The van der Waals surface area contributed by atoms with Crippen LogP contribution in [0.25, 0.3) is 22.3 Å². The summed E-state index contributed by atoms with van der Waals surface area (Å²) >= 11 is 0. The maximum absolute atomic E-state index is 13.0. The number of fused-ring (bicyclic) bond motifs is 1. The second kappa shape index (κ2) is 11.3. The van der Waals surface area contributed by atoms with E-state index in [9.17, 15) is 13.6 Å². The fourth-order valence-corrected chi connectivity index (χ4v) is 3.45. The third-order valence-electron chi connectivity index (χ3n) is 5.09. The second-order valence-electron chi connectivity index (χ2n) is 7.57. The number of rotatable bonds is 11. The van der Waals surface area contributed by atoms with Crippen molar-refractivity contribution < 1.29 is 23.0 Å². The zero-order valence-electron chi connectivity index (χ0n) is 19.3. The van der Waals surface area contributed by atoms with Crippen LogP contribution in [-0.2, 0) is 4.79 Å². The lowest BCUT2D eigenvalue weighted by atomic mass is 10.1. The molecule has 2 aromatic carbocycles. The maximum Gasteiger partial charge on any atom is 0.387 e. The molecule has 0 unspecified atom stereocenters. The molecule has 2 aromatic heterocycles. The van der Waals surface area contributed by atoms with Gasteiger partial charge in [-0.1, -0.05) is 18.7 Å². The zero-order valence-corrected chi connectivity index (χ0v) is 19.3. The van der Waals surface area contributed by atoms with E-state index in [0.29, 0.717) is 52.5 Å². The molecule has 0 atom stereocenters. The number of aromatic nitrogens is 3. The third kappa shape index (κ3) is 5.94. The lowest BCUT2D eigenvalue weighted by Crippen LogP contribution is -2.18. The van der Waals surface area contributed by atoms with Crippen LogP contribution in [0.4, 0.5) is 20.2 Å². The van der Waals surface area contributed by atoms with E-state index in [-0.39, 0.29) is 17.5 Å². The summed E-state index contributed by atoms with van der Waals surface area (Å²) in [6, 6.07) is 13.6. The van der Waals surface area contributed by atoms with Gasteiger partial charge in [0.2, 0.25) is 11.8 Å². The molecule has 0 fully saturated rings. The molecule has 0 aliphatic heterocycles. The number of anilines is 2. The van der Waals surface area contributed by atoms with Crippen LogP contribution in [0.2, 0.25) is 0 Å². The minimum absolute atomic E-state index is 0.0261. The number of halogens is 2. The first-order chi connectivity index (χ1) is 17.5. The highest BCUT2D eigenvalue weighted by Gasteiger charge is 2.15. The number of carbonyl (C=O) groups excluding carboxylic acids is 1. The Morgan fingerprint density at radius 1 is 1.17 bits per heavy atom. The Morgan fingerprint density at radius 3 is 2.81 bits per heavy atom. The molecule has 4 rings (SSSR count). The minimum Gasteiger partial charge on any atom is -0.438 e. The quantitative estimate of drug-likeness (QED) is 0.175. The molecule has 4 N–H and O–H groups in total. The van der Waals surface area contributed by atoms with E-state index in [0.717, 1.165) is 0 Å². The number of carbonyl (C=O) groups is 1. The number of likely N-dealkylation sites (N-methyl/N-ethyl adjacent to an activating group) is 1. The minimum atomic E-state index is -2.97. The van der Waals surface area contributed by atoms with Crippen LogP contribution in [0.5, 0.6) is 17.4 Å². The van der Waals surface area contributed by atoms with Crippen molar-refractivity contribution in [2.75, 3.05) is 30.8 Å². The summed E-state index contributed by atoms with van der Waals surface area (Å²) in [5.41, 5.74) is 2.72. The Balaban J connectivity index is 1.63. The van der Waals surface area contributed by atoms with Gasteiger partial charge in [0.25, 0.3) is 0 Å². The summed E-state index contributed by atoms with van der Waals surface area (Å²) in [6.07, 6.45) is 2.52. The van der Waals surface area contributed by atoms with Crippen molar-refractivity contribution in [2.45, 2.75) is 6.61 Å². The molecule has 11 heteroatoms. The van der Waals surface area contributed by atoms with Gasteiger partial charge in [-0.2, -0.15) is 8.78 Å². The second-order valence-corrected chi connectivity index (χ2v) is 7.57. The number of nitrogens with zero attached hydrogens (tertiary/aromatic N) is 2. The van der Waals surface area contributed by atoms with Crippen molar-refractivity contribution in [1.82, 2.24) is 20.3 Å². The first-order valence-electron chi connectivity index (χ1n) is 11.0. The molecule has 0 bridgehead atoms. The van der Waals surface area contributed by atoms with E-state index in [1.807, 2.05) is 0 Å². The number of hydrogen-bond acceptors (Lipinski definition) is 7. The molecule has 0 spiro atoms. The fourth-order valence-electron chi connectivity index (χ4n) is 3.45. The number of H-pyrrole nitrogens is 1. The fraction of sp³-hybridized carbons (Fsp3) is 0.160. The van der Waals surface area contributed by atoms with Crippen LogP contribution in [0.3, 0.4) is 0 Å². The molecule has 36 heavy (non-hydrogen) atoms. The normalized spacial score (nSPS) is 10.9. The number of aromatic amines is 1. The Kier molecular flexibility index (Phi) is 7.71. The SMILES string of the molecule is C=CC(=O)Nc1cccc(Oc2ncnc3[nH]c(-c4ccc(NCCNC)c(OC(F)F)c4)cc23)c1. The number of amides is 1. The molecular weight excluding hydrogens is 470 g/mol. The van der Waals surface area contributed by atoms with Crippen LogP contribution < -0.4 is 25.4 Å². The molecular formula is C25H24F2N6O3. The highest BCUT2D eigenvalue weighted by molar-refractivity contribution is 5.99. The number of alkyl halides is 2. The molecule has 1 amide bonds. The molecule has 186 valence electrons. The average molecular weight is 495 g/mol. The van der Waals surface area contributed by atoms with Gasteiger partial charge >= 0.3 is 6.61 Å². The predicted molar refractivity (Wildman–Crippen MR) is 134 cm³/mol. The highest BCUT2D eigenvalue weighted by Crippen LogP contribution is 2.35. The van der Waals surface area contributed by atoms with Gasteiger partial charge in [0.05, 0.1) is 11.1 Å². The highest BCUT2D eigenvalue weighted by atomic mass is 19.3. The Hall–Kier alpha value is -4.51. The molecule has 0 aliphatic carbocycles. The van der Waals surface area contributed by atoms with E-state index in [1.165, 1.54) is 18.5 Å². The Bertz CT molecular complexity index is 1380. The standard InChI is InChI=1S/C25H24F2N6O3/c1-3-22(34)32-16-5-4-6-17(12-16)35-24-18-13-20(33-23(18)30-14-31-24)15-7-8-19(29-10-9-28-2)21(11-15)36-25(26)27/h3-8,11-14,25,28-29H,1,9-10H2,2H3,(H,32,34)(H,30,31,33). The zero-order chi connectivity index (χ0) is 25.5. The average Bonchev–Trinajstić information content (AvgIpc) is 3.30. The van der Waals surface area contributed by atoms with Crippen molar-refractivity contribution in [3.63, 3.8) is 0 Å². The molecule has 4 aromatic rings. The first-order valence-corrected chi connectivity index (χ1v) is 11.0. The van der Waals surface area contributed by atoms with Crippen LogP contribution in [0.1, 0.15) is 0 Å². The summed E-state index contributed by atoms with van der Waals surface area (Å²) in [4.78, 5) is 23.2. The number of ether oxygens (including phenoxy) is 2. The van der Waals surface area contributed by atoms with E-state index in [2.05, 4.69) is 37.5 Å². The summed E-state index contributed by atoms with van der Waals surface area (Å²) < 4.78 is 36.8. The topological polar surface area (TPSA) is 113 Å². The predicted octanol–water partition coefficient (Wildman–Crippen LogP) is 4.77. The van der Waals surface area contributed by atoms with Gasteiger partial charge < -0.3 is 30.4 Å². The number of nitrogens with one attached hydrogen (secondary N) is 4. The smallest absolute Gasteiger partial charge is 0.387 e. The van der Waals surface area contributed by atoms with E-state index < -0.39 is 6.61 Å². The summed E-state index contributed by atoms with van der Waals surface area (Å²) in [5.74, 6) is 0.414. The molecule has 0 saturated carbocycles. The number of hydrogen-bond donors (Lipinski definition) is 4. The Labute approximate surface area is 205 Å². The van der Waals surface area contributed by atoms with Gasteiger partial charge in [-0.15, -0.1) is 0 Å². The van der Waals surface area contributed by atoms with Crippen LogP contribution in [0.15, 0.2) is 67.5 Å². The molecule has 0 radical (unpaired) electrons. The van der Waals surface area contributed by atoms with Crippen LogP contribution >= 0.6 is 0 Å². The summed E-state index contributed by atoms with van der Waals surface area (Å²) in [5, 5.41) is 9.31.